The third-order valence-electron chi connectivity index (χ3n) is 3.85. The van der Waals surface area contributed by atoms with Gasteiger partial charge in [0.05, 0.1) is 12.2 Å². The van der Waals surface area contributed by atoms with E-state index in [1.54, 1.807) is 6.20 Å². The van der Waals surface area contributed by atoms with E-state index in [4.69, 9.17) is 0 Å². The van der Waals surface area contributed by atoms with Gasteiger partial charge in [-0.25, -0.2) is 4.79 Å². The minimum Gasteiger partial charge on any atom is -0.334 e. The van der Waals surface area contributed by atoms with Gasteiger partial charge in [0.1, 0.15) is 0 Å². The fraction of sp³-hybridized carbons (Fsp3) is 0.375. The van der Waals surface area contributed by atoms with Crippen molar-refractivity contribution in [2.75, 3.05) is 13.1 Å². The van der Waals surface area contributed by atoms with E-state index in [1.807, 2.05) is 12.1 Å². The first kappa shape index (κ1) is 14.6. The average Bonchev–Trinajstić information content (AvgIpc) is 3.18. The minimum atomic E-state index is -0.124. The molecule has 0 saturated carbocycles. The third-order valence-corrected chi connectivity index (χ3v) is 3.85. The first-order chi connectivity index (χ1) is 10.8. The molecule has 1 saturated heterocycles. The maximum absolute atomic E-state index is 11.9. The van der Waals surface area contributed by atoms with Crippen LogP contribution in [0.3, 0.4) is 0 Å². The van der Waals surface area contributed by atoms with Crippen LogP contribution < -0.4 is 10.6 Å². The molecule has 1 aromatic carbocycles. The number of benzene rings is 1. The summed E-state index contributed by atoms with van der Waals surface area (Å²) in [6, 6.07) is 12.4. The molecule has 116 valence electrons. The lowest BCUT2D eigenvalue weighted by molar-refractivity contribution is 0.235. The summed E-state index contributed by atoms with van der Waals surface area (Å²) in [6.45, 7) is 3.31. The molecule has 3 N–H and O–H groups in total. The van der Waals surface area contributed by atoms with E-state index >= 15 is 0 Å². The SMILES string of the molecule is O=C(NCc1ccn[nH]1)N[C@@H]1CCN(Cc2ccccc2)C1. The number of nitrogens with one attached hydrogen (secondary N) is 3. The Labute approximate surface area is 129 Å². The molecular weight excluding hydrogens is 278 g/mol. The molecule has 22 heavy (non-hydrogen) atoms. The van der Waals surface area contributed by atoms with Crippen LogP contribution in [0.15, 0.2) is 42.6 Å². The van der Waals surface area contributed by atoms with E-state index in [9.17, 15) is 4.79 Å². The van der Waals surface area contributed by atoms with Crippen molar-refractivity contribution in [2.24, 2.45) is 0 Å². The lowest BCUT2D eigenvalue weighted by Crippen LogP contribution is -2.43. The quantitative estimate of drug-likeness (QED) is 0.783. The predicted octanol–water partition coefficient (Wildman–Crippen LogP) is 1.48. The van der Waals surface area contributed by atoms with Crippen molar-refractivity contribution in [3.63, 3.8) is 0 Å². The number of urea groups is 1. The van der Waals surface area contributed by atoms with E-state index in [0.717, 1.165) is 31.7 Å². The van der Waals surface area contributed by atoms with Gasteiger partial charge in [-0.15, -0.1) is 0 Å². The topological polar surface area (TPSA) is 73.0 Å². The zero-order chi connectivity index (χ0) is 15.2. The van der Waals surface area contributed by atoms with Crippen molar-refractivity contribution >= 4 is 6.03 Å². The fourth-order valence-corrected chi connectivity index (χ4v) is 2.73. The Bertz CT molecular complexity index is 584. The second-order valence-corrected chi connectivity index (χ2v) is 5.62. The highest BCUT2D eigenvalue weighted by molar-refractivity contribution is 5.74. The molecule has 1 aliphatic heterocycles. The maximum Gasteiger partial charge on any atom is 0.315 e. The number of rotatable bonds is 5. The van der Waals surface area contributed by atoms with Gasteiger partial charge < -0.3 is 10.6 Å². The van der Waals surface area contributed by atoms with Crippen molar-refractivity contribution in [3.8, 4) is 0 Å². The molecule has 1 aromatic heterocycles. The molecule has 0 unspecified atom stereocenters. The number of carbonyl (C=O) groups excluding carboxylic acids is 1. The standard InChI is InChI=1S/C16H21N5O/c22-16(17-10-14-6-8-18-20-14)19-15-7-9-21(12-15)11-13-4-2-1-3-5-13/h1-6,8,15H,7,9-12H2,(H,18,20)(H2,17,19,22)/t15-/m1/s1. The number of likely N-dealkylation sites (tertiary alicyclic amines) is 1. The summed E-state index contributed by atoms with van der Waals surface area (Å²) in [5.41, 5.74) is 2.21. The van der Waals surface area contributed by atoms with E-state index in [0.29, 0.717) is 6.54 Å². The molecule has 6 heteroatoms. The molecule has 0 aliphatic carbocycles. The van der Waals surface area contributed by atoms with Crippen LogP contribution in [0.4, 0.5) is 4.79 Å². The Kier molecular flexibility index (Phi) is 4.70. The molecule has 2 aromatic rings. The number of hydrogen-bond donors (Lipinski definition) is 3. The minimum absolute atomic E-state index is 0.124. The number of H-pyrrole nitrogens is 1. The molecule has 1 aliphatic rings. The highest BCUT2D eigenvalue weighted by atomic mass is 16.2. The van der Waals surface area contributed by atoms with Crippen molar-refractivity contribution in [1.29, 1.82) is 0 Å². The highest BCUT2D eigenvalue weighted by Crippen LogP contribution is 2.13. The lowest BCUT2D eigenvalue weighted by Gasteiger charge is -2.17. The summed E-state index contributed by atoms with van der Waals surface area (Å²) in [4.78, 5) is 14.3. The van der Waals surface area contributed by atoms with E-state index < -0.39 is 0 Å². The molecule has 0 radical (unpaired) electrons. The Morgan fingerprint density at radius 2 is 2.18 bits per heavy atom. The molecule has 0 bridgehead atoms. The second-order valence-electron chi connectivity index (χ2n) is 5.62. The van der Waals surface area contributed by atoms with Gasteiger partial charge in [0.15, 0.2) is 0 Å². The van der Waals surface area contributed by atoms with Gasteiger partial charge >= 0.3 is 6.03 Å². The number of nitrogens with zero attached hydrogens (tertiary/aromatic N) is 2. The fourth-order valence-electron chi connectivity index (χ4n) is 2.73. The number of aromatic nitrogens is 2. The van der Waals surface area contributed by atoms with Gasteiger partial charge in [-0.05, 0) is 18.1 Å². The van der Waals surface area contributed by atoms with Crippen LogP contribution in [0.5, 0.6) is 0 Å². The Morgan fingerprint density at radius 3 is 2.95 bits per heavy atom. The zero-order valence-corrected chi connectivity index (χ0v) is 12.5. The van der Waals surface area contributed by atoms with Gasteiger partial charge in [0.2, 0.25) is 0 Å². The van der Waals surface area contributed by atoms with Crippen LogP contribution in [0.1, 0.15) is 17.7 Å². The van der Waals surface area contributed by atoms with Gasteiger partial charge in [-0.1, -0.05) is 30.3 Å². The van der Waals surface area contributed by atoms with Crippen LogP contribution in [0, 0.1) is 0 Å². The second kappa shape index (κ2) is 7.09. The molecular formula is C16H21N5O. The molecule has 6 nitrogen and oxygen atoms in total. The average molecular weight is 299 g/mol. The first-order valence-corrected chi connectivity index (χ1v) is 7.58. The summed E-state index contributed by atoms with van der Waals surface area (Å²) >= 11 is 0. The summed E-state index contributed by atoms with van der Waals surface area (Å²) in [7, 11) is 0. The van der Waals surface area contributed by atoms with Gasteiger partial charge in [-0.3, -0.25) is 10.00 Å². The number of hydrogen-bond acceptors (Lipinski definition) is 3. The first-order valence-electron chi connectivity index (χ1n) is 7.58. The molecule has 0 spiro atoms. The summed E-state index contributed by atoms with van der Waals surface area (Å²) in [6.07, 6.45) is 2.66. The smallest absolute Gasteiger partial charge is 0.315 e. The zero-order valence-electron chi connectivity index (χ0n) is 12.5. The van der Waals surface area contributed by atoms with Crippen molar-refractivity contribution in [1.82, 2.24) is 25.7 Å². The van der Waals surface area contributed by atoms with E-state index in [1.165, 1.54) is 5.56 Å². The number of aromatic amines is 1. The predicted molar refractivity (Wildman–Crippen MR) is 84.1 cm³/mol. The molecule has 1 atom stereocenters. The Balaban J connectivity index is 1.40. The third kappa shape index (κ3) is 4.08. The molecule has 3 rings (SSSR count). The molecule has 1 fully saturated rings. The van der Waals surface area contributed by atoms with Crippen LogP contribution >= 0.6 is 0 Å². The van der Waals surface area contributed by atoms with Gasteiger partial charge in [0.25, 0.3) is 0 Å². The van der Waals surface area contributed by atoms with Gasteiger partial charge in [0, 0.05) is 31.9 Å². The number of amides is 2. The number of carbonyl (C=O) groups is 1. The largest absolute Gasteiger partial charge is 0.334 e. The molecule has 2 amide bonds. The Morgan fingerprint density at radius 1 is 1.32 bits per heavy atom. The van der Waals surface area contributed by atoms with Crippen LogP contribution in [0.2, 0.25) is 0 Å². The lowest BCUT2D eigenvalue weighted by atomic mass is 10.2. The summed E-state index contributed by atoms with van der Waals surface area (Å²) in [5.74, 6) is 0. The van der Waals surface area contributed by atoms with Crippen LogP contribution in [-0.2, 0) is 13.1 Å². The van der Waals surface area contributed by atoms with Gasteiger partial charge in [-0.2, -0.15) is 5.10 Å². The maximum atomic E-state index is 11.9. The Hall–Kier alpha value is -2.34. The summed E-state index contributed by atoms with van der Waals surface area (Å²) < 4.78 is 0. The van der Waals surface area contributed by atoms with Crippen molar-refractivity contribution < 1.29 is 4.79 Å². The monoisotopic (exact) mass is 299 g/mol. The van der Waals surface area contributed by atoms with Crippen LogP contribution in [-0.4, -0.2) is 40.3 Å². The summed E-state index contributed by atoms with van der Waals surface area (Å²) in [5, 5.41) is 12.5. The van der Waals surface area contributed by atoms with E-state index in [-0.39, 0.29) is 12.1 Å². The van der Waals surface area contributed by atoms with Crippen molar-refractivity contribution in [3.05, 3.63) is 53.9 Å². The normalized spacial score (nSPS) is 18.3. The highest BCUT2D eigenvalue weighted by Gasteiger charge is 2.23. The van der Waals surface area contributed by atoms with Crippen molar-refractivity contribution in [2.45, 2.75) is 25.6 Å². The van der Waals surface area contributed by atoms with E-state index in [2.05, 4.69) is 50.0 Å². The molecule has 2 heterocycles. The van der Waals surface area contributed by atoms with Crippen LogP contribution in [0.25, 0.3) is 0 Å².